The SMILES string of the molecule is CC(O)(O)Oc1ccc(N)cc1. The van der Waals surface area contributed by atoms with E-state index in [4.69, 9.17) is 20.7 Å². The molecule has 0 saturated heterocycles. The maximum Gasteiger partial charge on any atom is 0.318 e. The predicted octanol–water partition coefficient (Wildman–Crippen LogP) is 0.306. The third-order valence-corrected chi connectivity index (χ3v) is 1.19. The van der Waals surface area contributed by atoms with E-state index in [-0.39, 0.29) is 0 Å². The molecule has 1 aromatic carbocycles. The molecular formula is C8H11NO3. The first-order valence-corrected chi connectivity index (χ1v) is 3.47. The topological polar surface area (TPSA) is 75.7 Å². The van der Waals surface area contributed by atoms with Crippen LogP contribution in [0.2, 0.25) is 0 Å². The number of benzene rings is 1. The van der Waals surface area contributed by atoms with E-state index in [0.717, 1.165) is 6.92 Å². The Morgan fingerprint density at radius 3 is 2.17 bits per heavy atom. The molecule has 4 heteroatoms. The first kappa shape index (κ1) is 8.83. The number of aliphatic hydroxyl groups is 2. The molecule has 0 aromatic heterocycles. The van der Waals surface area contributed by atoms with Gasteiger partial charge < -0.3 is 20.7 Å². The Balaban J connectivity index is 2.71. The van der Waals surface area contributed by atoms with Gasteiger partial charge >= 0.3 is 5.97 Å². The molecule has 0 amide bonds. The van der Waals surface area contributed by atoms with Crippen molar-refractivity contribution in [2.24, 2.45) is 0 Å². The molecule has 0 unspecified atom stereocenters. The van der Waals surface area contributed by atoms with Gasteiger partial charge in [-0.1, -0.05) is 0 Å². The molecule has 0 aliphatic rings. The van der Waals surface area contributed by atoms with E-state index >= 15 is 0 Å². The third kappa shape index (κ3) is 2.77. The zero-order valence-electron chi connectivity index (χ0n) is 6.69. The van der Waals surface area contributed by atoms with E-state index in [1.807, 2.05) is 0 Å². The van der Waals surface area contributed by atoms with Crippen LogP contribution in [-0.2, 0) is 0 Å². The van der Waals surface area contributed by atoms with Crippen LogP contribution in [0.5, 0.6) is 5.75 Å². The van der Waals surface area contributed by atoms with Crippen molar-refractivity contribution in [1.29, 1.82) is 0 Å². The lowest BCUT2D eigenvalue weighted by Crippen LogP contribution is -2.30. The average Bonchev–Trinajstić information content (AvgIpc) is 1.91. The molecular weight excluding hydrogens is 158 g/mol. The van der Waals surface area contributed by atoms with Crippen LogP contribution >= 0.6 is 0 Å². The smallest absolute Gasteiger partial charge is 0.318 e. The molecule has 0 saturated carbocycles. The molecule has 1 aromatic rings. The summed E-state index contributed by atoms with van der Waals surface area (Å²) in [6.07, 6.45) is 0. The number of hydrogen-bond acceptors (Lipinski definition) is 4. The molecule has 0 aliphatic heterocycles. The van der Waals surface area contributed by atoms with Crippen molar-refractivity contribution in [3.63, 3.8) is 0 Å². The molecule has 1 rings (SSSR count). The highest BCUT2D eigenvalue weighted by Gasteiger charge is 2.16. The Morgan fingerprint density at radius 1 is 1.25 bits per heavy atom. The Hall–Kier alpha value is -1.26. The molecule has 0 spiro atoms. The summed E-state index contributed by atoms with van der Waals surface area (Å²) in [7, 11) is 0. The Kier molecular flexibility index (Phi) is 2.21. The van der Waals surface area contributed by atoms with Crippen LogP contribution in [0.15, 0.2) is 24.3 Å². The Morgan fingerprint density at radius 2 is 1.75 bits per heavy atom. The lowest BCUT2D eigenvalue weighted by Gasteiger charge is -2.17. The second-order valence-electron chi connectivity index (χ2n) is 2.61. The fraction of sp³-hybridized carbons (Fsp3) is 0.250. The summed E-state index contributed by atoms with van der Waals surface area (Å²) in [5, 5.41) is 17.7. The second-order valence-corrected chi connectivity index (χ2v) is 2.61. The van der Waals surface area contributed by atoms with Crippen LogP contribution in [-0.4, -0.2) is 16.2 Å². The fourth-order valence-corrected chi connectivity index (χ4v) is 0.759. The average molecular weight is 169 g/mol. The van der Waals surface area contributed by atoms with Gasteiger partial charge in [-0.25, -0.2) is 0 Å². The lowest BCUT2D eigenvalue weighted by atomic mass is 10.3. The monoisotopic (exact) mass is 169 g/mol. The summed E-state index contributed by atoms with van der Waals surface area (Å²) in [4.78, 5) is 0. The maximum atomic E-state index is 8.84. The van der Waals surface area contributed by atoms with Gasteiger partial charge in [-0.3, -0.25) is 0 Å². The second kappa shape index (κ2) is 3.00. The standard InChI is InChI=1S/C8H11NO3/c1-8(10,11)12-7-4-2-6(9)3-5-7/h2-5,10-11H,9H2,1H3. The minimum Gasteiger partial charge on any atom is -0.439 e. The first-order chi connectivity index (χ1) is 5.47. The molecule has 0 radical (unpaired) electrons. The van der Waals surface area contributed by atoms with Gasteiger partial charge in [0.1, 0.15) is 5.75 Å². The molecule has 0 aliphatic carbocycles. The molecule has 4 N–H and O–H groups in total. The van der Waals surface area contributed by atoms with Crippen LogP contribution in [0.4, 0.5) is 5.69 Å². The van der Waals surface area contributed by atoms with Crippen molar-refractivity contribution < 1.29 is 14.9 Å². The zero-order chi connectivity index (χ0) is 9.19. The molecule has 0 fully saturated rings. The third-order valence-electron chi connectivity index (χ3n) is 1.19. The number of nitrogens with two attached hydrogens (primary N) is 1. The van der Waals surface area contributed by atoms with Crippen molar-refractivity contribution >= 4 is 5.69 Å². The van der Waals surface area contributed by atoms with Gasteiger partial charge in [0, 0.05) is 12.6 Å². The number of nitrogen functional groups attached to an aromatic ring is 1. The first-order valence-electron chi connectivity index (χ1n) is 3.47. The molecule has 12 heavy (non-hydrogen) atoms. The highest BCUT2D eigenvalue weighted by Crippen LogP contribution is 2.16. The molecule has 0 bridgehead atoms. The number of rotatable bonds is 2. The minimum absolute atomic E-state index is 0.358. The molecule has 4 nitrogen and oxygen atoms in total. The minimum atomic E-state index is -2.14. The number of hydrogen-bond donors (Lipinski definition) is 3. The van der Waals surface area contributed by atoms with Crippen molar-refractivity contribution in [2.45, 2.75) is 12.9 Å². The van der Waals surface area contributed by atoms with Crippen molar-refractivity contribution in [1.82, 2.24) is 0 Å². The van der Waals surface area contributed by atoms with Gasteiger partial charge in [0.15, 0.2) is 0 Å². The van der Waals surface area contributed by atoms with Crippen LogP contribution in [0.1, 0.15) is 6.92 Å². The Bertz CT molecular complexity index is 250. The maximum absolute atomic E-state index is 8.84. The van der Waals surface area contributed by atoms with Gasteiger partial charge in [-0.05, 0) is 24.3 Å². The quantitative estimate of drug-likeness (QED) is 0.440. The summed E-state index contributed by atoms with van der Waals surface area (Å²) in [6, 6.07) is 6.34. The van der Waals surface area contributed by atoms with E-state index < -0.39 is 5.97 Å². The summed E-state index contributed by atoms with van der Waals surface area (Å²) >= 11 is 0. The normalized spacial score (nSPS) is 11.2. The van der Waals surface area contributed by atoms with Crippen LogP contribution in [0.3, 0.4) is 0 Å². The van der Waals surface area contributed by atoms with Gasteiger partial charge in [-0.2, -0.15) is 0 Å². The predicted molar refractivity (Wildman–Crippen MR) is 44.3 cm³/mol. The van der Waals surface area contributed by atoms with Crippen molar-refractivity contribution in [3.05, 3.63) is 24.3 Å². The van der Waals surface area contributed by atoms with Crippen molar-refractivity contribution in [2.75, 3.05) is 5.73 Å². The van der Waals surface area contributed by atoms with E-state index in [1.54, 1.807) is 24.3 Å². The van der Waals surface area contributed by atoms with Gasteiger partial charge in [-0.15, -0.1) is 0 Å². The van der Waals surface area contributed by atoms with E-state index in [1.165, 1.54) is 0 Å². The highest BCUT2D eigenvalue weighted by atomic mass is 16.8. The number of ether oxygens (including phenoxy) is 1. The van der Waals surface area contributed by atoms with Crippen LogP contribution < -0.4 is 10.5 Å². The van der Waals surface area contributed by atoms with Crippen molar-refractivity contribution in [3.8, 4) is 5.75 Å². The summed E-state index contributed by atoms with van der Waals surface area (Å²) in [6.45, 7) is 1.13. The largest absolute Gasteiger partial charge is 0.439 e. The van der Waals surface area contributed by atoms with Gasteiger partial charge in [0.2, 0.25) is 0 Å². The fourth-order valence-electron chi connectivity index (χ4n) is 0.759. The van der Waals surface area contributed by atoms with Gasteiger partial charge in [0.05, 0.1) is 0 Å². The van der Waals surface area contributed by atoms with Crippen LogP contribution in [0, 0.1) is 0 Å². The van der Waals surface area contributed by atoms with Gasteiger partial charge in [0.25, 0.3) is 0 Å². The molecule has 0 heterocycles. The van der Waals surface area contributed by atoms with E-state index in [9.17, 15) is 0 Å². The summed E-state index contributed by atoms with van der Waals surface area (Å²) < 4.78 is 4.71. The summed E-state index contributed by atoms with van der Waals surface area (Å²) in [5.41, 5.74) is 6.01. The Labute approximate surface area is 70.2 Å². The van der Waals surface area contributed by atoms with E-state index in [0.29, 0.717) is 11.4 Å². The molecule has 66 valence electrons. The number of anilines is 1. The molecule has 0 atom stereocenters. The highest BCUT2D eigenvalue weighted by molar-refractivity contribution is 5.41. The van der Waals surface area contributed by atoms with E-state index in [2.05, 4.69) is 0 Å². The summed E-state index contributed by atoms with van der Waals surface area (Å²) in [5.74, 6) is -1.78. The van der Waals surface area contributed by atoms with Crippen LogP contribution in [0.25, 0.3) is 0 Å². The lowest BCUT2D eigenvalue weighted by molar-refractivity contribution is -0.277. The zero-order valence-corrected chi connectivity index (χ0v) is 6.69.